The Morgan fingerprint density at radius 1 is 1.30 bits per heavy atom. The number of ether oxygens (including phenoxy) is 1. The minimum atomic E-state index is -0.00502. The first-order valence-corrected chi connectivity index (χ1v) is 9.55. The number of nitrogens with one attached hydrogen (secondary N) is 1. The Bertz CT molecular complexity index is 472. The predicted octanol–water partition coefficient (Wildman–Crippen LogP) is 3.38. The van der Waals surface area contributed by atoms with E-state index in [1.165, 1.54) is 18.4 Å². The lowest BCUT2D eigenvalue weighted by Gasteiger charge is -2.26. The summed E-state index contributed by atoms with van der Waals surface area (Å²) in [6.07, 6.45) is 2.34. The van der Waals surface area contributed by atoms with Crippen LogP contribution in [0.5, 0.6) is 0 Å². The average molecular weight is 337 g/mol. The van der Waals surface area contributed by atoms with Crippen molar-refractivity contribution in [3.8, 4) is 0 Å². The number of amides is 1. The van der Waals surface area contributed by atoms with Crippen LogP contribution in [0.4, 0.5) is 5.69 Å². The van der Waals surface area contributed by atoms with E-state index in [1.54, 1.807) is 11.8 Å². The molecule has 1 fully saturated rings. The van der Waals surface area contributed by atoms with Crippen molar-refractivity contribution in [2.24, 2.45) is 0 Å². The van der Waals surface area contributed by atoms with Crippen molar-refractivity contribution in [1.82, 2.24) is 4.90 Å². The topological polar surface area (TPSA) is 41.6 Å². The van der Waals surface area contributed by atoms with E-state index in [0.29, 0.717) is 0 Å². The highest BCUT2D eigenvalue weighted by Gasteiger charge is 2.14. The van der Waals surface area contributed by atoms with E-state index >= 15 is 0 Å². The van der Waals surface area contributed by atoms with Gasteiger partial charge in [0.1, 0.15) is 0 Å². The summed E-state index contributed by atoms with van der Waals surface area (Å²) >= 11 is 1.72. The minimum absolute atomic E-state index is 0.00502. The third-order valence-electron chi connectivity index (χ3n) is 3.97. The smallest absolute Gasteiger partial charge is 0.237 e. The van der Waals surface area contributed by atoms with Crippen LogP contribution in [0.25, 0.3) is 0 Å². The van der Waals surface area contributed by atoms with Crippen LogP contribution in [-0.2, 0) is 16.1 Å². The molecule has 0 radical (unpaired) electrons. The molecule has 1 atom stereocenters. The van der Waals surface area contributed by atoms with Gasteiger partial charge in [-0.05, 0) is 36.8 Å². The van der Waals surface area contributed by atoms with E-state index in [4.69, 9.17) is 4.74 Å². The van der Waals surface area contributed by atoms with E-state index in [0.717, 1.165) is 44.3 Å². The van der Waals surface area contributed by atoms with Crippen molar-refractivity contribution in [2.75, 3.05) is 37.4 Å². The molecule has 1 aliphatic heterocycles. The van der Waals surface area contributed by atoms with Gasteiger partial charge in [0.25, 0.3) is 0 Å². The lowest BCUT2D eigenvalue weighted by molar-refractivity contribution is -0.115. The number of anilines is 1. The summed E-state index contributed by atoms with van der Waals surface area (Å²) in [6.45, 7) is 8.71. The summed E-state index contributed by atoms with van der Waals surface area (Å²) in [7, 11) is 0. The average Bonchev–Trinajstić information content (AvgIpc) is 2.57. The number of rotatable bonds is 8. The molecule has 1 aliphatic rings. The Morgan fingerprint density at radius 2 is 2.00 bits per heavy atom. The quantitative estimate of drug-likeness (QED) is 0.739. The Morgan fingerprint density at radius 3 is 2.65 bits per heavy atom. The number of hydrogen-bond donors (Lipinski definition) is 1. The fourth-order valence-corrected chi connectivity index (χ4v) is 3.45. The van der Waals surface area contributed by atoms with Crippen LogP contribution in [0, 0.1) is 0 Å². The predicted molar refractivity (Wildman–Crippen MR) is 98.0 cm³/mol. The van der Waals surface area contributed by atoms with Crippen LogP contribution >= 0.6 is 11.8 Å². The number of carbonyl (C=O) groups is 1. The lowest BCUT2D eigenvalue weighted by atomic mass is 10.2. The van der Waals surface area contributed by atoms with Gasteiger partial charge in [-0.2, -0.15) is 0 Å². The molecule has 1 amide bonds. The van der Waals surface area contributed by atoms with Crippen LogP contribution in [0.3, 0.4) is 0 Å². The van der Waals surface area contributed by atoms with E-state index in [-0.39, 0.29) is 11.2 Å². The number of morpholine rings is 1. The number of nitrogens with zero attached hydrogens (tertiary/aromatic N) is 1. The number of hydrogen-bond acceptors (Lipinski definition) is 4. The van der Waals surface area contributed by atoms with Crippen molar-refractivity contribution < 1.29 is 9.53 Å². The molecule has 1 saturated heterocycles. The van der Waals surface area contributed by atoms with Gasteiger partial charge >= 0.3 is 0 Å². The van der Waals surface area contributed by atoms with Gasteiger partial charge < -0.3 is 10.1 Å². The summed E-state index contributed by atoms with van der Waals surface area (Å²) < 4.78 is 5.37. The highest BCUT2D eigenvalue weighted by Crippen LogP contribution is 2.17. The highest BCUT2D eigenvalue weighted by atomic mass is 32.2. The molecule has 1 aromatic rings. The second-order valence-corrected chi connectivity index (χ2v) is 7.39. The fourth-order valence-electron chi connectivity index (χ4n) is 2.43. The lowest BCUT2D eigenvalue weighted by Crippen LogP contribution is -2.35. The van der Waals surface area contributed by atoms with Gasteiger partial charge in [0.2, 0.25) is 5.91 Å². The third kappa shape index (κ3) is 6.53. The van der Waals surface area contributed by atoms with Crippen LogP contribution in [0.1, 0.15) is 32.3 Å². The molecule has 0 bridgehead atoms. The second-order valence-electron chi connectivity index (χ2n) is 5.94. The van der Waals surface area contributed by atoms with Crippen LogP contribution in [0.15, 0.2) is 24.3 Å². The first-order chi connectivity index (χ1) is 11.2. The van der Waals surface area contributed by atoms with E-state index in [9.17, 15) is 4.79 Å². The summed E-state index contributed by atoms with van der Waals surface area (Å²) in [6, 6.07) is 8.19. The number of carbonyl (C=O) groups excluding carboxylic acids is 1. The maximum atomic E-state index is 12.2. The molecule has 0 spiro atoms. The number of thioether (sulfide) groups is 1. The van der Waals surface area contributed by atoms with Gasteiger partial charge in [0.05, 0.1) is 18.5 Å². The Labute approximate surface area is 144 Å². The monoisotopic (exact) mass is 336 g/mol. The number of unbranched alkanes of at least 4 members (excludes halogenated alkanes) is 1. The summed E-state index contributed by atoms with van der Waals surface area (Å²) in [5.41, 5.74) is 2.15. The van der Waals surface area contributed by atoms with Crippen LogP contribution in [-0.4, -0.2) is 48.1 Å². The molecule has 2 rings (SSSR count). The molecule has 0 saturated carbocycles. The van der Waals surface area contributed by atoms with Gasteiger partial charge in [0.15, 0.2) is 0 Å². The molecule has 128 valence electrons. The number of benzene rings is 1. The molecule has 1 heterocycles. The summed E-state index contributed by atoms with van der Waals surface area (Å²) in [5, 5.41) is 3.00. The van der Waals surface area contributed by atoms with Crippen molar-refractivity contribution in [2.45, 2.75) is 38.5 Å². The maximum absolute atomic E-state index is 12.2. The molecule has 23 heavy (non-hydrogen) atoms. The maximum Gasteiger partial charge on any atom is 0.237 e. The van der Waals surface area contributed by atoms with Crippen molar-refractivity contribution >= 4 is 23.4 Å². The normalized spacial score (nSPS) is 17.0. The molecular weight excluding hydrogens is 308 g/mol. The fraction of sp³-hybridized carbons (Fsp3) is 0.611. The van der Waals surface area contributed by atoms with Gasteiger partial charge in [-0.3, -0.25) is 9.69 Å². The van der Waals surface area contributed by atoms with Crippen LogP contribution in [0.2, 0.25) is 0 Å². The first-order valence-electron chi connectivity index (χ1n) is 8.50. The van der Waals surface area contributed by atoms with Gasteiger partial charge in [0, 0.05) is 25.3 Å². The summed E-state index contributed by atoms with van der Waals surface area (Å²) in [4.78, 5) is 14.5. The second kappa shape index (κ2) is 9.96. The molecule has 1 unspecified atom stereocenters. The highest BCUT2D eigenvalue weighted by molar-refractivity contribution is 8.00. The molecule has 0 aliphatic carbocycles. The SMILES string of the molecule is CCCCSC(C)C(=O)Nc1ccc(CN2CCOCC2)cc1. The largest absolute Gasteiger partial charge is 0.379 e. The molecule has 4 nitrogen and oxygen atoms in total. The van der Waals surface area contributed by atoms with Crippen LogP contribution < -0.4 is 5.32 Å². The molecule has 5 heteroatoms. The third-order valence-corrected chi connectivity index (χ3v) is 5.20. The van der Waals surface area contributed by atoms with E-state index in [1.807, 2.05) is 19.1 Å². The molecular formula is C18H28N2O2S. The van der Waals surface area contributed by atoms with Crippen molar-refractivity contribution in [3.05, 3.63) is 29.8 Å². The standard InChI is InChI=1S/C18H28N2O2S/c1-3-4-13-23-15(2)18(21)19-17-7-5-16(6-8-17)14-20-9-11-22-12-10-20/h5-8,15H,3-4,9-14H2,1-2H3,(H,19,21). The van der Waals surface area contributed by atoms with Gasteiger partial charge in [-0.1, -0.05) is 25.5 Å². The zero-order valence-electron chi connectivity index (χ0n) is 14.2. The molecule has 1 N–H and O–H groups in total. The zero-order chi connectivity index (χ0) is 16.5. The minimum Gasteiger partial charge on any atom is -0.379 e. The van der Waals surface area contributed by atoms with E-state index in [2.05, 4.69) is 29.3 Å². The Balaban J connectivity index is 1.78. The van der Waals surface area contributed by atoms with Gasteiger partial charge in [-0.15, -0.1) is 11.8 Å². The van der Waals surface area contributed by atoms with Crippen molar-refractivity contribution in [1.29, 1.82) is 0 Å². The van der Waals surface area contributed by atoms with Crippen molar-refractivity contribution in [3.63, 3.8) is 0 Å². The Kier molecular flexibility index (Phi) is 7.92. The molecule has 0 aromatic heterocycles. The Hall–Kier alpha value is -1.04. The first kappa shape index (κ1) is 18.3. The van der Waals surface area contributed by atoms with E-state index < -0.39 is 0 Å². The summed E-state index contributed by atoms with van der Waals surface area (Å²) in [5.74, 6) is 1.14. The molecule has 1 aromatic carbocycles. The van der Waals surface area contributed by atoms with Gasteiger partial charge in [-0.25, -0.2) is 0 Å². The zero-order valence-corrected chi connectivity index (χ0v) is 15.0.